The first-order chi connectivity index (χ1) is 10.2. The molecule has 0 saturated heterocycles. The molecule has 2 aromatic carbocycles. The second-order valence-electron chi connectivity index (χ2n) is 4.51. The Kier molecular flexibility index (Phi) is 3.58. The van der Waals surface area contributed by atoms with Crippen LogP contribution in [0.15, 0.2) is 47.9 Å². The number of thioether (sulfide) groups is 1. The Hall–Kier alpha value is -2.40. The number of phenols is 1. The summed E-state index contributed by atoms with van der Waals surface area (Å²) < 4.78 is 0. The third-order valence-corrected chi connectivity index (χ3v) is 3.88. The van der Waals surface area contributed by atoms with Crippen molar-refractivity contribution in [3.05, 3.63) is 48.3 Å². The van der Waals surface area contributed by atoms with Gasteiger partial charge in [-0.05, 0) is 34.7 Å². The van der Waals surface area contributed by atoms with Gasteiger partial charge in [-0.2, -0.15) is 0 Å². The van der Waals surface area contributed by atoms with Crippen molar-refractivity contribution in [1.82, 2.24) is 9.97 Å². The van der Waals surface area contributed by atoms with Gasteiger partial charge < -0.3 is 5.11 Å². The lowest BCUT2D eigenvalue weighted by molar-refractivity contribution is 0.112. The molecule has 3 aromatic rings. The summed E-state index contributed by atoms with van der Waals surface area (Å²) in [6.07, 6.45) is 6.16. The molecule has 1 N–H and O–H groups in total. The lowest BCUT2D eigenvalue weighted by Crippen LogP contribution is -1.89. The largest absolute Gasteiger partial charge is 0.507 e. The highest BCUT2D eigenvalue weighted by Crippen LogP contribution is 2.29. The van der Waals surface area contributed by atoms with Gasteiger partial charge in [0.25, 0.3) is 0 Å². The first-order valence-electron chi connectivity index (χ1n) is 6.30. The van der Waals surface area contributed by atoms with Gasteiger partial charge in [0.2, 0.25) is 0 Å². The van der Waals surface area contributed by atoms with Crippen LogP contribution in [0.2, 0.25) is 0 Å². The van der Waals surface area contributed by atoms with Crippen molar-refractivity contribution < 1.29 is 9.90 Å². The molecule has 104 valence electrons. The van der Waals surface area contributed by atoms with Crippen LogP contribution in [-0.4, -0.2) is 27.6 Å². The van der Waals surface area contributed by atoms with E-state index in [1.165, 1.54) is 17.8 Å². The van der Waals surface area contributed by atoms with Crippen molar-refractivity contribution in [1.29, 1.82) is 0 Å². The maximum atomic E-state index is 11.1. The molecule has 4 nitrogen and oxygen atoms in total. The summed E-state index contributed by atoms with van der Waals surface area (Å²) in [5.74, 6) is -0.00194. The Labute approximate surface area is 125 Å². The summed E-state index contributed by atoms with van der Waals surface area (Å²) in [6.45, 7) is 0. The molecule has 0 atom stereocenters. The molecule has 0 aliphatic carbocycles. The Balaban J connectivity index is 2.12. The third kappa shape index (κ3) is 2.48. The van der Waals surface area contributed by atoms with Gasteiger partial charge in [0.15, 0.2) is 11.4 Å². The van der Waals surface area contributed by atoms with E-state index >= 15 is 0 Å². The Bertz CT molecular complexity index is 816. The monoisotopic (exact) mass is 296 g/mol. The molecule has 0 saturated carbocycles. The molecule has 1 aromatic heterocycles. The minimum Gasteiger partial charge on any atom is -0.507 e. The number of aromatic nitrogens is 2. The molecule has 0 radical (unpaired) electrons. The van der Waals surface area contributed by atoms with Crippen LogP contribution >= 0.6 is 11.8 Å². The number of aldehydes is 1. The minimum atomic E-state index is -0.00194. The molecule has 0 aliphatic rings. The quantitative estimate of drug-likeness (QED) is 0.455. The van der Waals surface area contributed by atoms with Crippen LogP contribution in [0.3, 0.4) is 0 Å². The minimum absolute atomic E-state index is 0.00194. The van der Waals surface area contributed by atoms with Gasteiger partial charge in [-0.3, -0.25) is 4.79 Å². The molecule has 0 spiro atoms. The second kappa shape index (κ2) is 5.54. The summed E-state index contributed by atoms with van der Waals surface area (Å²) in [4.78, 5) is 19.6. The average molecular weight is 296 g/mol. The Morgan fingerprint density at radius 3 is 2.52 bits per heavy atom. The standard InChI is InChI=1S/C16H12N2O2S/c1-21-16-17-7-12(8-18-16)10-2-4-13-11(6-10)3-5-15(20)14(13)9-19/h2-9,20H,1H3. The average Bonchev–Trinajstić information content (AvgIpc) is 2.54. The summed E-state index contributed by atoms with van der Waals surface area (Å²) in [6, 6.07) is 9.00. The van der Waals surface area contributed by atoms with E-state index in [2.05, 4.69) is 9.97 Å². The van der Waals surface area contributed by atoms with E-state index in [0.717, 1.165) is 27.1 Å². The number of rotatable bonds is 3. The highest BCUT2D eigenvalue weighted by Gasteiger charge is 2.08. The van der Waals surface area contributed by atoms with Gasteiger partial charge >= 0.3 is 0 Å². The number of fused-ring (bicyclic) bond motifs is 1. The van der Waals surface area contributed by atoms with E-state index in [4.69, 9.17) is 0 Å². The number of aromatic hydroxyl groups is 1. The van der Waals surface area contributed by atoms with Crippen molar-refractivity contribution in [2.24, 2.45) is 0 Å². The van der Waals surface area contributed by atoms with E-state index in [1.807, 2.05) is 24.5 Å². The molecular weight excluding hydrogens is 284 g/mol. The topological polar surface area (TPSA) is 63.1 Å². The number of phenolic OH excluding ortho intramolecular Hbond substituents is 1. The highest BCUT2D eigenvalue weighted by atomic mass is 32.2. The smallest absolute Gasteiger partial charge is 0.187 e. The molecule has 0 fully saturated rings. The van der Waals surface area contributed by atoms with Gasteiger partial charge in [-0.15, -0.1) is 0 Å². The van der Waals surface area contributed by atoms with Crippen LogP contribution in [-0.2, 0) is 0 Å². The van der Waals surface area contributed by atoms with Gasteiger partial charge in [0, 0.05) is 18.0 Å². The fourth-order valence-electron chi connectivity index (χ4n) is 2.22. The summed E-state index contributed by atoms with van der Waals surface area (Å²) >= 11 is 1.49. The van der Waals surface area contributed by atoms with Gasteiger partial charge in [0.05, 0.1) is 5.56 Å². The lowest BCUT2D eigenvalue weighted by Gasteiger charge is -2.07. The molecule has 1 heterocycles. The van der Waals surface area contributed by atoms with E-state index < -0.39 is 0 Å². The van der Waals surface area contributed by atoms with Crippen LogP contribution in [0.5, 0.6) is 5.75 Å². The molecule has 0 amide bonds. The molecule has 0 aliphatic heterocycles. The van der Waals surface area contributed by atoms with Crippen molar-refractivity contribution in [2.75, 3.05) is 6.26 Å². The number of nitrogens with zero attached hydrogens (tertiary/aromatic N) is 2. The Morgan fingerprint density at radius 1 is 1.10 bits per heavy atom. The Morgan fingerprint density at radius 2 is 1.86 bits per heavy atom. The van der Waals surface area contributed by atoms with Crippen LogP contribution in [0.25, 0.3) is 21.9 Å². The van der Waals surface area contributed by atoms with Crippen LogP contribution < -0.4 is 0 Å². The lowest BCUT2D eigenvalue weighted by atomic mass is 10.00. The summed E-state index contributed by atoms with van der Waals surface area (Å²) in [5.41, 5.74) is 2.20. The SMILES string of the molecule is CSc1ncc(-c2ccc3c(C=O)c(O)ccc3c2)cn1. The third-order valence-electron chi connectivity index (χ3n) is 3.30. The van der Waals surface area contributed by atoms with Crippen LogP contribution in [0.1, 0.15) is 10.4 Å². The number of carbonyl (C=O) groups is 1. The zero-order valence-electron chi connectivity index (χ0n) is 11.3. The molecule has 0 unspecified atom stereocenters. The highest BCUT2D eigenvalue weighted by molar-refractivity contribution is 7.98. The summed E-state index contributed by atoms with van der Waals surface area (Å²) in [7, 11) is 0. The molecule has 5 heteroatoms. The van der Waals surface area contributed by atoms with E-state index in [0.29, 0.717) is 11.8 Å². The van der Waals surface area contributed by atoms with Crippen LogP contribution in [0.4, 0.5) is 0 Å². The molecule has 21 heavy (non-hydrogen) atoms. The fraction of sp³-hybridized carbons (Fsp3) is 0.0625. The van der Waals surface area contributed by atoms with Gasteiger partial charge in [-0.1, -0.05) is 30.0 Å². The van der Waals surface area contributed by atoms with Crippen molar-refractivity contribution in [3.8, 4) is 16.9 Å². The van der Waals surface area contributed by atoms with E-state index in [1.54, 1.807) is 18.5 Å². The molecular formula is C16H12N2O2S. The maximum absolute atomic E-state index is 11.1. The first kappa shape index (κ1) is 13.6. The number of carbonyl (C=O) groups excluding carboxylic acids is 1. The van der Waals surface area contributed by atoms with Crippen molar-refractivity contribution in [2.45, 2.75) is 5.16 Å². The predicted octanol–water partition coefficient (Wildman–Crippen LogP) is 3.54. The van der Waals surface area contributed by atoms with Crippen LogP contribution in [0, 0.1) is 0 Å². The van der Waals surface area contributed by atoms with E-state index in [9.17, 15) is 9.90 Å². The van der Waals surface area contributed by atoms with Crippen molar-refractivity contribution >= 4 is 28.8 Å². The second-order valence-corrected chi connectivity index (χ2v) is 5.28. The molecule has 0 bridgehead atoms. The normalized spacial score (nSPS) is 10.7. The fourth-order valence-corrected chi connectivity index (χ4v) is 2.53. The van der Waals surface area contributed by atoms with Gasteiger partial charge in [-0.25, -0.2) is 9.97 Å². The zero-order chi connectivity index (χ0) is 14.8. The van der Waals surface area contributed by atoms with Crippen molar-refractivity contribution in [3.63, 3.8) is 0 Å². The zero-order valence-corrected chi connectivity index (χ0v) is 12.1. The predicted molar refractivity (Wildman–Crippen MR) is 83.8 cm³/mol. The number of hydrogen-bond acceptors (Lipinski definition) is 5. The van der Waals surface area contributed by atoms with Gasteiger partial charge in [0.1, 0.15) is 5.75 Å². The number of hydrogen-bond donors (Lipinski definition) is 1. The van der Waals surface area contributed by atoms with E-state index in [-0.39, 0.29) is 5.75 Å². The maximum Gasteiger partial charge on any atom is 0.187 e. The molecule has 3 rings (SSSR count). The first-order valence-corrected chi connectivity index (χ1v) is 7.52. The number of benzene rings is 2. The summed E-state index contributed by atoms with van der Waals surface area (Å²) in [5, 5.41) is 12.1.